The molecule has 0 aromatic heterocycles. The van der Waals surface area contributed by atoms with Crippen LogP contribution < -0.4 is 5.73 Å². The van der Waals surface area contributed by atoms with Crippen molar-refractivity contribution in [2.45, 2.75) is 31.7 Å². The number of carbonyl (C=O) groups is 1. The number of hydrogen-bond donors (Lipinski definition) is 2. The number of ether oxygens (including phenoxy) is 1. The van der Waals surface area contributed by atoms with Crippen molar-refractivity contribution in [3.8, 4) is 0 Å². The zero-order chi connectivity index (χ0) is 9.90. The summed E-state index contributed by atoms with van der Waals surface area (Å²) in [6.07, 6.45) is 3.79. The van der Waals surface area contributed by atoms with Crippen molar-refractivity contribution in [1.82, 2.24) is 0 Å². The second kappa shape index (κ2) is 4.07. The molecule has 4 nitrogen and oxygen atoms in total. The number of carboxylic acid groups (broad SMARTS) is 1. The molecule has 0 spiro atoms. The van der Waals surface area contributed by atoms with Gasteiger partial charge in [0.2, 0.25) is 0 Å². The quantitative estimate of drug-likeness (QED) is 0.661. The van der Waals surface area contributed by atoms with E-state index in [-0.39, 0.29) is 5.41 Å². The third-order valence-electron chi connectivity index (χ3n) is 2.83. The molecular weight excluding hydrogens is 170 g/mol. The maximum absolute atomic E-state index is 10.6. The van der Waals surface area contributed by atoms with Gasteiger partial charge in [0.1, 0.15) is 6.04 Å². The lowest BCUT2D eigenvalue weighted by atomic mass is 9.66. The third-order valence-corrected chi connectivity index (χ3v) is 2.83. The van der Waals surface area contributed by atoms with Crippen LogP contribution in [0.2, 0.25) is 0 Å². The van der Waals surface area contributed by atoms with Crippen LogP contribution in [0.25, 0.3) is 0 Å². The standard InChI is InChI=1S/C9H17NO3/c1-13-6-9(3-2-4-9)5-7(10)8(11)12/h7H,2-6,10H2,1H3,(H,11,12)/t7-/m1/s1. The topological polar surface area (TPSA) is 72.5 Å². The molecule has 4 heteroatoms. The number of hydrogen-bond acceptors (Lipinski definition) is 3. The Balaban J connectivity index is 2.43. The highest BCUT2D eigenvalue weighted by Gasteiger charge is 2.39. The van der Waals surface area contributed by atoms with E-state index in [0.717, 1.165) is 19.3 Å². The summed E-state index contributed by atoms with van der Waals surface area (Å²) < 4.78 is 5.08. The first-order valence-electron chi connectivity index (χ1n) is 4.57. The molecule has 0 amide bonds. The molecule has 0 aromatic rings. The van der Waals surface area contributed by atoms with Gasteiger partial charge in [0, 0.05) is 7.11 Å². The molecule has 0 unspecified atom stereocenters. The molecule has 0 radical (unpaired) electrons. The highest BCUT2D eigenvalue weighted by atomic mass is 16.5. The van der Waals surface area contributed by atoms with Crippen molar-refractivity contribution < 1.29 is 14.6 Å². The highest BCUT2D eigenvalue weighted by molar-refractivity contribution is 5.73. The molecule has 13 heavy (non-hydrogen) atoms. The molecule has 1 saturated carbocycles. The molecule has 1 fully saturated rings. The monoisotopic (exact) mass is 187 g/mol. The van der Waals surface area contributed by atoms with E-state index in [0.29, 0.717) is 13.0 Å². The van der Waals surface area contributed by atoms with Gasteiger partial charge in [-0.05, 0) is 24.7 Å². The van der Waals surface area contributed by atoms with Crippen LogP contribution in [0.15, 0.2) is 0 Å². The van der Waals surface area contributed by atoms with Gasteiger partial charge in [-0.25, -0.2) is 0 Å². The van der Waals surface area contributed by atoms with E-state index in [9.17, 15) is 4.79 Å². The molecule has 0 heterocycles. The zero-order valence-electron chi connectivity index (χ0n) is 7.95. The molecule has 1 atom stereocenters. The fourth-order valence-electron chi connectivity index (χ4n) is 1.94. The van der Waals surface area contributed by atoms with Crippen LogP contribution in [0, 0.1) is 5.41 Å². The molecule has 0 saturated heterocycles. The Morgan fingerprint density at radius 2 is 2.31 bits per heavy atom. The van der Waals surface area contributed by atoms with Gasteiger partial charge in [-0.3, -0.25) is 4.79 Å². The molecule has 1 aliphatic rings. The van der Waals surface area contributed by atoms with Crippen molar-refractivity contribution in [3.05, 3.63) is 0 Å². The van der Waals surface area contributed by atoms with Gasteiger partial charge in [0.25, 0.3) is 0 Å². The van der Waals surface area contributed by atoms with Gasteiger partial charge >= 0.3 is 5.97 Å². The average molecular weight is 187 g/mol. The lowest BCUT2D eigenvalue weighted by molar-refractivity contribution is -0.140. The number of carboxylic acids is 1. The smallest absolute Gasteiger partial charge is 0.320 e. The summed E-state index contributed by atoms with van der Waals surface area (Å²) >= 11 is 0. The van der Waals surface area contributed by atoms with Crippen molar-refractivity contribution in [3.63, 3.8) is 0 Å². The van der Waals surface area contributed by atoms with Crippen molar-refractivity contribution in [2.75, 3.05) is 13.7 Å². The van der Waals surface area contributed by atoms with Crippen LogP contribution >= 0.6 is 0 Å². The van der Waals surface area contributed by atoms with Gasteiger partial charge in [0.05, 0.1) is 6.61 Å². The molecule has 0 aromatic carbocycles. The summed E-state index contributed by atoms with van der Waals surface area (Å²) in [5, 5.41) is 8.67. The minimum absolute atomic E-state index is 0.0482. The van der Waals surface area contributed by atoms with Gasteiger partial charge in [-0.15, -0.1) is 0 Å². The van der Waals surface area contributed by atoms with Crippen LogP contribution in [-0.4, -0.2) is 30.8 Å². The predicted molar refractivity (Wildman–Crippen MR) is 48.4 cm³/mol. The Morgan fingerprint density at radius 3 is 2.62 bits per heavy atom. The average Bonchev–Trinajstić information content (AvgIpc) is 2.00. The molecule has 1 aliphatic carbocycles. The Morgan fingerprint density at radius 1 is 1.69 bits per heavy atom. The van der Waals surface area contributed by atoms with E-state index >= 15 is 0 Å². The normalized spacial score (nSPS) is 22.0. The summed E-state index contributed by atoms with van der Waals surface area (Å²) in [7, 11) is 1.65. The second-order valence-electron chi connectivity index (χ2n) is 3.94. The fourth-order valence-corrected chi connectivity index (χ4v) is 1.94. The first kappa shape index (κ1) is 10.5. The van der Waals surface area contributed by atoms with E-state index in [2.05, 4.69) is 0 Å². The summed E-state index contributed by atoms with van der Waals surface area (Å²) in [5.74, 6) is -0.914. The summed E-state index contributed by atoms with van der Waals surface area (Å²) in [6.45, 7) is 0.633. The highest BCUT2D eigenvalue weighted by Crippen LogP contribution is 2.44. The predicted octanol–water partition coefficient (Wildman–Crippen LogP) is 0.605. The molecule has 76 valence electrons. The maximum Gasteiger partial charge on any atom is 0.320 e. The van der Waals surface area contributed by atoms with E-state index in [4.69, 9.17) is 15.6 Å². The SMILES string of the molecule is COCC1(C[C@@H](N)C(=O)O)CCC1. The summed E-state index contributed by atoms with van der Waals surface area (Å²) in [6, 6.07) is -0.740. The lowest BCUT2D eigenvalue weighted by Crippen LogP contribution is -2.43. The minimum atomic E-state index is -0.914. The maximum atomic E-state index is 10.6. The van der Waals surface area contributed by atoms with E-state index in [1.807, 2.05) is 0 Å². The Labute approximate surface area is 78.1 Å². The number of methoxy groups -OCH3 is 1. The summed E-state index contributed by atoms with van der Waals surface area (Å²) in [5.41, 5.74) is 5.54. The van der Waals surface area contributed by atoms with Crippen LogP contribution in [0.3, 0.4) is 0 Å². The molecule has 0 aliphatic heterocycles. The Bertz CT molecular complexity index is 189. The van der Waals surface area contributed by atoms with Gasteiger partial charge < -0.3 is 15.6 Å². The lowest BCUT2D eigenvalue weighted by Gasteiger charge is -2.42. The van der Waals surface area contributed by atoms with Crippen molar-refractivity contribution >= 4 is 5.97 Å². The molecule has 3 N–H and O–H groups in total. The molecule has 1 rings (SSSR count). The van der Waals surface area contributed by atoms with Crippen LogP contribution in [-0.2, 0) is 9.53 Å². The Kier molecular flexibility index (Phi) is 3.27. The van der Waals surface area contributed by atoms with E-state index in [1.54, 1.807) is 7.11 Å². The third kappa shape index (κ3) is 2.42. The van der Waals surface area contributed by atoms with E-state index < -0.39 is 12.0 Å². The largest absolute Gasteiger partial charge is 0.480 e. The van der Waals surface area contributed by atoms with Gasteiger partial charge in [-0.1, -0.05) is 6.42 Å². The van der Waals surface area contributed by atoms with Crippen molar-refractivity contribution in [1.29, 1.82) is 0 Å². The Hall–Kier alpha value is -0.610. The second-order valence-corrected chi connectivity index (χ2v) is 3.94. The van der Waals surface area contributed by atoms with Crippen molar-refractivity contribution in [2.24, 2.45) is 11.1 Å². The first-order valence-corrected chi connectivity index (χ1v) is 4.57. The van der Waals surface area contributed by atoms with Crippen LogP contribution in [0.5, 0.6) is 0 Å². The number of rotatable bonds is 5. The number of nitrogens with two attached hydrogens (primary N) is 1. The number of aliphatic carboxylic acids is 1. The van der Waals surface area contributed by atoms with E-state index in [1.165, 1.54) is 0 Å². The van der Waals surface area contributed by atoms with Crippen LogP contribution in [0.4, 0.5) is 0 Å². The molecule has 0 bridgehead atoms. The molecular formula is C9H17NO3. The van der Waals surface area contributed by atoms with Gasteiger partial charge in [0.15, 0.2) is 0 Å². The summed E-state index contributed by atoms with van der Waals surface area (Å²) in [4.78, 5) is 10.6. The zero-order valence-corrected chi connectivity index (χ0v) is 7.95. The first-order chi connectivity index (χ1) is 6.09. The van der Waals surface area contributed by atoms with Gasteiger partial charge in [-0.2, -0.15) is 0 Å². The fraction of sp³-hybridized carbons (Fsp3) is 0.889. The minimum Gasteiger partial charge on any atom is -0.480 e. The van der Waals surface area contributed by atoms with Crippen LogP contribution in [0.1, 0.15) is 25.7 Å².